The van der Waals surface area contributed by atoms with Gasteiger partial charge in [0.25, 0.3) is 0 Å². The van der Waals surface area contributed by atoms with Gasteiger partial charge in [-0.1, -0.05) is 0 Å². The standard InChI is InChI=1S/C8H9IN2O/c9-6-1-3-7(4-2-6)11-5-8(10)12/h1-4,11H,5H2,(H2,10,12). The number of primary amides is 1. The Morgan fingerprint density at radius 1 is 1.42 bits per heavy atom. The molecule has 0 fully saturated rings. The van der Waals surface area contributed by atoms with Crippen molar-refractivity contribution >= 4 is 34.2 Å². The first kappa shape index (κ1) is 9.31. The molecule has 0 radical (unpaired) electrons. The molecule has 0 atom stereocenters. The van der Waals surface area contributed by atoms with Crippen molar-refractivity contribution < 1.29 is 4.79 Å². The number of rotatable bonds is 3. The van der Waals surface area contributed by atoms with Gasteiger partial charge in [0.15, 0.2) is 0 Å². The number of carbonyl (C=O) groups is 1. The normalized spacial score (nSPS) is 9.42. The van der Waals surface area contributed by atoms with Crippen LogP contribution in [-0.2, 0) is 4.79 Å². The lowest BCUT2D eigenvalue weighted by Crippen LogP contribution is -2.21. The van der Waals surface area contributed by atoms with E-state index in [9.17, 15) is 4.79 Å². The highest BCUT2D eigenvalue weighted by Gasteiger charge is 1.93. The van der Waals surface area contributed by atoms with Crippen molar-refractivity contribution in [3.8, 4) is 0 Å². The third-order valence-corrected chi connectivity index (χ3v) is 2.03. The van der Waals surface area contributed by atoms with Crippen LogP contribution in [0.3, 0.4) is 0 Å². The van der Waals surface area contributed by atoms with Gasteiger partial charge < -0.3 is 11.1 Å². The highest BCUT2D eigenvalue weighted by Crippen LogP contribution is 2.10. The first-order chi connectivity index (χ1) is 5.68. The highest BCUT2D eigenvalue weighted by molar-refractivity contribution is 14.1. The highest BCUT2D eigenvalue weighted by atomic mass is 127. The van der Waals surface area contributed by atoms with Gasteiger partial charge in [-0.3, -0.25) is 4.79 Å². The van der Waals surface area contributed by atoms with E-state index in [0.29, 0.717) is 0 Å². The predicted octanol–water partition coefficient (Wildman–Crippen LogP) is 1.19. The lowest BCUT2D eigenvalue weighted by Gasteiger charge is -2.02. The Morgan fingerprint density at radius 2 is 2.00 bits per heavy atom. The number of hydrogen-bond donors (Lipinski definition) is 2. The number of amides is 1. The third kappa shape index (κ3) is 3.08. The molecule has 0 aliphatic rings. The molecule has 0 heterocycles. The first-order valence-corrected chi connectivity index (χ1v) is 4.54. The van der Waals surface area contributed by atoms with Crippen LogP contribution in [-0.4, -0.2) is 12.5 Å². The van der Waals surface area contributed by atoms with E-state index in [0.717, 1.165) is 9.26 Å². The molecule has 0 aliphatic heterocycles. The molecule has 0 aliphatic carbocycles. The number of nitrogens with one attached hydrogen (secondary N) is 1. The fraction of sp³-hybridized carbons (Fsp3) is 0.125. The number of benzene rings is 1. The van der Waals surface area contributed by atoms with Gasteiger partial charge in [0, 0.05) is 9.26 Å². The van der Waals surface area contributed by atoms with Crippen molar-refractivity contribution in [3.05, 3.63) is 27.8 Å². The van der Waals surface area contributed by atoms with Gasteiger partial charge in [-0.2, -0.15) is 0 Å². The summed E-state index contributed by atoms with van der Waals surface area (Å²) < 4.78 is 1.16. The van der Waals surface area contributed by atoms with Crippen molar-refractivity contribution in [1.82, 2.24) is 0 Å². The Bertz CT molecular complexity index is 271. The molecule has 3 nitrogen and oxygen atoms in total. The van der Waals surface area contributed by atoms with Crippen LogP contribution in [0, 0.1) is 3.57 Å². The van der Waals surface area contributed by atoms with Crippen LogP contribution in [0.4, 0.5) is 5.69 Å². The summed E-state index contributed by atoms with van der Waals surface area (Å²) in [6.07, 6.45) is 0. The minimum Gasteiger partial charge on any atom is -0.376 e. The molecule has 64 valence electrons. The lowest BCUT2D eigenvalue weighted by atomic mass is 10.3. The number of halogens is 1. The molecule has 3 N–H and O–H groups in total. The van der Waals surface area contributed by atoms with Gasteiger partial charge in [-0.25, -0.2) is 0 Å². The minimum atomic E-state index is -0.353. The van der Waals surface area contributed by atoms with Gasteiger partial charge in [-0.15, -0.1) is 0 Å². The van der Waals surface area contributed by atoms with Crippen molar-refractivity contribution in [1.29, 1.82) is 0 Å². The van der Waals surface area contributed by atoms with Crippen molar-refractivity contribution in [2.75, 3.05) is 11.9 Å². The SMILES string of the molecule is NC(=O)CNc1ccc(I)cc1. The molecular formula is C8H9IN2O. The van der Waals surface area contributed by atoms with E-state index < -0.39 is 0 Å². The van der Waals surface area contributed by atoms with E-state index >= 15 is 0 Å². The van der Waals surface area contributed by atoms with Crippen LogP contribution in [0.2, 0.25) is 0 Å². The molecule has 0 saturated carbocycles. The van der Waals surface area contributed by atoms with Gasteiger partial charge >= 0.3 is 0 Å². The lowest BCUT2D eigenvalue weighted by molar-refractivity contribution is -0.116. The average molecular weight is 276 g/mol. The topological polar surface area (TPSA) is 55.1 Å². The molecule has 0 spiro atoms. The smallest absolute Gasteiger partial charge is 0.236 e. The Hall–Kier alpha value is -0.780. The summed E-state index contributed by atoms with van der Waals surface area (Å²) in [5.74, 6) is -0.353. The minimum absolute atomic E-state index is 0.181. The average Bonchev–Trinajstić information content (AvgIpc) is 2.03. The third-order valence-electron chi connectivity index (χ3n) is 1.31. The molecule has 1 aromatic carbocycles. The van der Waals surface area contributed by atoms with E-state index in [1.165, 1.54) is 0 Å². The monoisotopic (exact) mass is 276 g/mol. The molecule has 0 bridgehead atoms. The fourth-order valence-electron chi connectivity index (χ4n) is 0.757. The van der Waals surface area contributed by atoms with Crippen molar-refractivity contribution in [3.63, 3.8) is 0 Å². The van der Waals surface area contributed by atoms with Crippen LogP contribution in [0.15, 0.2) is 24.3 Å². The summed E-state index contributed by atoms with van der Waals surface area (Å²) >= 11 is 2.22. The van der Waals surface area contributed by atoms with E-state index in [2.05, 4.69) is 27.9 Å². The molecule has 1 rings (SSSR count). The fourth-order valence-corrected chi connectivity index (χ4v) is 1.12. The molecular weight excluding hydrogens is 267 g/mol. The Balaban J connectivity index is 2.53. The Kier molecular flexibility index (Phi) is 3.33. The van der Waals surface area contributed by atoms with Crippen molar-refractivity contribution in [2.45, 2.75) is 0 Å². The summed E-state index contributed by atoms with van der Waals surface area (Å²) in [6, 6.07) is 7.74. The summed E-state index contributed by atoms with van der Waals surface area (Å²) in [7, 11) is 0. The Morgan fingerprint density at radius 3 is 2.50 bits per heavy atom. The zero-order valence-electron chi connectivity index (χ0n) is 6.38. The van der Waals surface area contributed by atoms with E-state index in [1.54, 1.807) is 0 Å². The van der Waals surface area contributed by atoms with Gasteiger partial charge in [0.05, 0.1) is 6.54 Å². The zero-order chi connectivity index (χ0) is 8.97. The predicted molar refractivity (Wildman–Crippen MR) is 56.8 cm³/mol. The van der Waals surface area contributed by atoms with Crippen LogP contribution < -0.4 is 11.1 Å². The molecule has 4 heteroatoms. The first-order valence-electron chi connectivity index (χ1n) is 3.46. The van der Waals surface area contributed by atoms with E-state index in [1.807, 2.05) is 24.3 Å². The molecule has 1 aromatic rings. The molecule has 1 amide bonds. The van der Waals surface area contributed by atoms with Crippen LogP contribution in [0.25, 0.3) is 0 Å². The van der Waals surface area contributed by atoms with Gasteiger partial charge in [0.2, 0.25) is 5.91 Å². The maximum Gasteiger partial charge on any atom is 0.236 e. The second-order valence-corrected chi connectivity index (χ2v) is 3.57. The summed E-state index contributed by atoms with van der Waals surface area (Å²) in [5.41, 5.74) is 5.88. The van der Waals surface area contributed by atoms with Crippen LogP contribution in [0.1, 0.15) is 0 Å². The second-order valence-electron chi connectivity index (χ2n) is 2.33. The number of hydrogen-bond acceptors (Lipinski definition) is 2. The quantitative estimate of drug-likeness (QED) is 0.815. The molecule has 0 unspecified atom stereocenters. The summed E-state index contributed by atoms with van der Waals surface area (Å²) in [5, 5.41) is 2.89. The number of anilines is 1. The zero-order valence-corrected chi connectivity index (χ0v) is 8.54. The molecule has 12 heavy (non-hydrogen) atoms. The van der Waals surface area contributed by atoms with Crippen LogP contribution >= 0.6 is 22.6 Å². The van der Waals surface area contributed by atoms with E-state index in [4.69, 9.17) is 5.73 Å². The molecule has 0 saturated heterocycles. The van der Waals surface area contributed by atoms with Crippen LogP contribution in [0.5, 0.6) is 0 Å². The maximum absolute atomic E-state index is 10.4. The van der Waals surface area contributed by atoms with Crippen molar-refractivity contribution in [2.24, 2.45) is 5.73 Å². The van der Waals surface area contributed by atoms with Gasteiger partial charge in [0.1, 0.15) is 0 Å². The largest absolute Gasteiger partial charge is 0.376 e. The summed E-state index contributed by atoms with van der Waals surface area (Å²) in [6.45, 7) is 0.181. The number of nitrogens with two attached hydrogens (primary N) is 1. The van der Waals surface area contributed by atoms with Gasteiger partial charge in [-0.05, 0) is 46.9 Å². The number of carbonyl (C=O) groups excluding carboxylic acids is 1. The Labute approximate surface area is 84.5 Å². The summed E-state index contributed by atoms with van der Waals surface area (Å²) in [4.78, 5) is 10.4. The second kappa shape index (κ2) is 4.30. The van der Waals surface area contributed by atoms with E-state index in [-0.39, 0.29) is 12.5 Å². The maximum atomic E-state index is 10.4. The molecule has 0 aromatic heterocycles.